The number of rotatable bonds is 4. The van der Waals surface area contributed by atoms with Crippen LogP contribution < -0.4 is 5.32 Å². The van der Waals surface area contributed by atoms with E-state index in [2.05, 4.69) is 11.9 Å². The Kier molecular flexibility index (Phi) is 3.73. The number of halogens is 3. The molecule has 0 aliphatic carbocycles. The summed E-state index contributed by atoms with van der Waals surface area (Å²) in [6, 6.07) is -0.452. The van der Waals surface area contributed by atoms with Gasteiger partial charge < -0.3 is 10.2 Å². The molecule has 1 heterocycles. The van der Waals surface area contributed by atoms with Gasteiger partial charge in [0.1, 0.15) is 6.54 Å². The zero-order valence-corrected chi connectivity index (χ0v) is 8.18. The number of alkyl halides is 3. The van der Waals surface area contributed by atoms with E-state index < -0.39 is 24.7 Å². The van der Waals surface area contributed by atoms with Gasteiger partial charge >= 0.3 is 6.18 Å². The predicted molar refractivity (Wildman–Crippen MR) is 49.2 cm³/mol. The maximum atomic E-state index is 12.1. The molecule has 1 fully saturated rings. The number of carbonyl (C=O) groups is 1. The lowest BCUT2D eigenvalue weighted by atomic mass is 10.1. The van der Waals surface area contributed by atoms with Crippen molar-refractivity contribution in [2.75, 3.05) is 19.6 Å². The van der Waals surface area contributed by atoms with Gasteiger partial charge in [0.2, 0.25) is 5.91 Å². The van der Waals surface area contributed by atoms with E-state index in [1.54, 1.807) is 0 Å². The maximum absolute atomic E-state index is 12.1. The summed E-state index contributed by atoms with van der Waals surface area (Å²) in [5.74, 6) is -0.501. The van der Waals surface area contributed by atoms with Crippen molar-refractivity contribution < 1.29 is 18.0 Å². The average Bonchev–Trinajstić information content (AvgIpc) is 1.97. The lowest BCUT2D eigenvalue weighted by Gasteiger charge is -2.32. The second-order valence-corrected chi connectivity index (χ2v) is 3.42. The predicted octanol–water partition coefficient (Wildman–Crippen LogP) is 0.925. The first kappa shape index (κ1) is 12.0. The standard InChI is InChI=1S/C9H13F3N2O/c1-2-5-14(6-9(10,11)12)8(15)7-3-4-13-7/h2,7,13H,1,3-6H2/t7-/m1/s1. The molecule has 0 aromatic heterocycles. The largest absolute Gasteiger partial charge is 0.406 e. The Morgan fingerprint density at radius 2 is 2.20 bits per heavy atom. The van der Waals surface area contributed by atoms with Gasteiger partial charge in [0, 0.05) is 6.54 Å². The van der Waals surface area contributed by atoms with Crippen molar-refractivity contribution in [3.63, 3.8) is 0 Å². The van der Waals surface area contributed by atoms with Gasteiger partial charge in [-0.05, 0) is 13.0 Å². The minimum absolute atomic E-state index is 0.0729. The van der Waals surface area contributed by atoms with E-state index in [-0.39, 0.29) is 6.54 Å². The number of hydrogen-bond donors (Lipinski definition) is 1. The van der Waals surface area contributed by atoms with Gasteiger partial charge in [-0.2, -0.15) is 13.2 Å². The first-order chi connectivity index (χ1) is 6.94. The van der Waals surface area contributed by atoms with Crippen LogP contribution in [0.5, 0.6) is 0 Å². The molecule has 15 heavy (non-hydrogen) atoms. The lowest BCUT2D eigenvalue weighted by molar-refractivity contribution is -0.162. The Labute approximate surface area is 85.9 Å². The SMILES string of the molecule is C=CCN(CC(F)(F)F)C(=O)[C@H]1CCN1. The molecule has 1 saturated heterocycles. The molecule has 0 saturated carbocycles. The van der Waals surface area contributed by atoms with Crippen LogP contribution in [-0.4, -0.2) is 42.7 Å². The average molecular weight is 222 g/mol. The Balaban J connectivity index is 2.55. The molecule has 1 aliphatic heterocycles. The third-order valence-corrected chi connectivity index (χ3v) is 2.15. The summed E-state index contributed by atoms with van der Waals surface area (Å²) in [6.45, 7) is 2.73. The fourth-order valence-electron chi connectivity index (χ4n) is 1.32. The third-order valence-electron chi connectivity index (χ3n) is 2.15. The highest BCUT2D eigenvalue weighted by Crippen LogP contribution is 2.18. The quantitative estimate of drug-likeness (QED) is 0.717. The number of nitrogens with one attached hydrogen (secondary N) is 1. The van der Waals surface area contributed by atoms with Crippen LogP contribution in [0.25, 0.3) is 0 Å². The van der Waals surface area contributed by atoms with Gasteiger partial charge in [-0.15, -0.1) is 6.58 Å². The number of hydrogen-bond acceptors (Lipinski definition) is 2. The van der Waals surface area contributed by atoms with Crippen molar-refractivity contribution in [3.05, 3.63) is 12.7 Å². The first-order valence-corrected chi connectivity index (χ1v) is 4.64. The normalized spacial score (nSPS) is 20.6. The number of nitrogens with zero attached hydrogens (tertiary/aromatic N) is 1. The highest BCUT2D eigenvalue weighted by Gasteiger charge is 2.36. The van der Waals surface area contributed by atoms with E-state index >= 15 is 0 Å². The summed E-state index contributed by atoms with van der Waals surface area (Å²) in [4.78, 5) is 12.3. The summed E-state index contributed by atoms with van der Waals surface area (Å²) in [5.41, 5.74) is 0. The molecule has 86 valence electrons. The van der Waals surface area contributed by atoms with E-state index in [4.69, 9.17) is 0 Å². The van der Waals surface area contributed by atoms with E-state index in [9.17, 15) is 18.0 Å². The van der Waals surface area contributed by atoms with Gasteiger partial charge in [-0.25, -0.2) is 0 Å². The second-order valence-electron chi connectivity index (χ2n) is 3.42. The highest BCUT2D eigenvalue weighted by molar-refractivity contribution is 5.83. The Morgan fingerprint density at radius 1 is 1.60 bits per heavy atom. The molecular weight excluding hydrogens is 209 g/mol. The Morgan fingerprint density at radius 3 is 2.53 bits per heavy atom. The van der Waals surface area contributed by atoms with Gasteiger partial charge in [-0.3, -0.25) is 4.79 Å². The molecule has 1 aliphatic rings. The molecule has 0 aromatic rings. The molecular formula is C9H13F3N2O. The molecule has 0 bridgehead atoms. The molecule has 6 heteroatoms. The minimum Gasteiger partial charge on any atom is -0.329 e. The van der Waals surface area contributed by atoms with E-state index in [0.717, 1.165) is 4.90 Å². The van der Waals surface area contributed by atoms with Crippen LogP contribution in [0, 0.1) is 0 Å². The van der Waals surface area contributed by atoms with Crippen LogP contribution >= 0.6 is 0 Å². The molecule has 3 nitrogen and oxygen atoms in total. The zero-order chi connectivity index (χ0) is 11.5. The molecule has 1 N–H and O–H groups in total. The van der Waals surface area contributed by atoms with Crippen molar-refractivity contribution >= 4 is 5.91 Å². The van der Waals surface area contributed by atoms with E-state index in [0.29, 0.717) is 13.0 Å². The van der Waals surface area contributed by atoms with Gasteiger partial charge in [0.15, 0.2) is 0 Å². The first-order valence-electron chi connectivity index (χ1n) is 4.64. The smallest absolute Gasteiger partial charge is 0.329 e. The fraction of sp³-hybridized carbons (Fsp3) is 0.667. The second kappa shape index (κ2) is 4.65. The molecule has 0 aromatic carbocycles. The van der Waals surface area contributed by atoms with E-state index in [1.807, 2.05) is 0 Å². The Bertz CT molecular complexity index is 248. The highest BCUT2D eigenvalue weighted by atomic mass is 19.4. The topological polar surface area (TPSA) is 32.3 Å². The summed E-state index contributed by atoms with van der Waals surface area (Å²) >= 11 is 0. The minimum atomic E-state index is -4.36. The van der Waals surface area contributed by atoms with Gasteiger partial charge in [-0.1, -0.05) is 6.08 Å². The van der Waals surface area contributed by atoms with Crippen LogP contribution in [0.3, 0.4) is 0 Å². The van der Waals surface area contributed by atoms with Crippen molar-refractivity contribution in [2.24, 2.45) is 0 Å². The molecule has 0 unspecified atom stereocenters. The van der Waals surface area contributed by atoms with Gasteiger partial charge in [0.25, 0.3) is 0 Å². The molecule has 0 radical (unpaired) electrons. The van der Waals surface area contributed by atoms with Crippen molar-refractivity contribution in [1.82, 2.24) is 10.2 Å². The van der Waals surface area contributed by atoms with Crippen LogP contribution in [-0.2, 0) is 4.79 Å². The van der Waals surface area contributed by atoms with Crippen LogP contribution in [0.4, 0.5) is 13.2 Å². The summed E-state index contributed by atoms with van der Waals surface area (Å²) in [6.07, 6.45) is -2.46. The molecule has 0 spiro atoms. The van der Waals surface area contributed by atoms with Crippen molar-refractivity contribution in [1.29, 1.82) is 0 Å². The van der Waals surface area contributed by atoms with Crippen molar-refractivity contribution in [2.45, 2.75) is 18.6 Å². The molecule has 1 amide bonds. The summed E-state index contributed by atoms with van der Waals surface area (Å²) < 4.78 is 36.4. The van der Waals surface area contributed by atoms with Gasteiger partial charge in [0.05, 0.1) is 6.04 Å². The van der Waals surface area contributed by atoms with E-state index in [1.165, 1.54) is 6.08 Å². The lowest BCUT2D eigenvalue weighted by Crippen LogP contribution is -2.55. The monoisotopic (exact) mass is 222 g/mol. The van der Waals surface area contributed by atoms with Crippen LogP contribution in [0.15, 0.2) is 12.7 Å². The zero-order valence-electron chi connectivity index (χ0n) is 8.18. The van der Waals surface area contributed by atoms with Crippen LogP contribution in [0.1, 0.15) is 6.42 Å². The molecule has 1 atom stereocenters. The summed E-state index contributed by atoms with van der Waals surface area (Å²) in [5, 5.41) is 2.78. The third kappa shape index (κ3) is 3.54. The number of carbonyl (C=O) groups excluding carboxylic acids is 1. The summed E-state index contributed by atoms with van der Waals surface area (Å²) in [7, 11) is 0. The Hall–Kier alpha value is -1.04. The molecule has 1 rings (SSSR count). The fourth-order valence-corrected chi connectivity index (χ4v) is 1.32. The number of amides is 1. The maximum Gasteiger partial charge on any atom is 0.406 e. The van der Waals surface area contributed by atoms with Crippen molar-refractivity contribution in [3.8, 4) is 0 Å². The van der Waals surface area contributed by atoms with Crippen LogP contribution in [0.2, 0.25) is 0 Å².